The summed E-state index contributed by atoms with van der Waals surface area (Å²) in [5, 5.41) is 11.4. The zero-order valence-electron chi connectivity index (χ0n) is 10.1. The van der Waals surface area contributed by atoms with Crippen molar-refractivity contribution < 1.29 is 19.4 Å². The molecule has 1 fully saturated rings. The summed E-state index contributed by atoms with van der Waals surface area (Å²) in [5.74, 6) is -0.0161. The second kappa shape index (κ2) is 7.11. The summed E-state index contributed by atoms with van der Waals surface area (Å²) in [6.07, 6.45) is 1.58. The highest BCUT2D eigenvalue weighted by molar-refractivity contribution is 5.79. The van der Waals surface area contributed by atoms with Gasteiger partial charge in [0.05, 0.1) is 7.11 Å². The summed E-state index contributed by atoms with van der Waals surface area (Å²) < 4.78 is 4.62. The Morgan fingerprint density at radius 2 is 2.06 bits per heavy atom. The molecule has 2 N–H and O–H groups in total. The first-order valence-corrected chi connectivity index (χ1v) is 5.90. The molecule has 0 aromatic rings. The topological polar surface area (TPSA) is 78.9 Å². The van der Waals surface area contributed by atoms with Gasteiger partial charge in [0.1, 0.15) is 0 Å². The van der Waals surface area contributed by atoms with Crippen molar-refractivity contribution in [1.29, 1.82) is 0 Å². The number of amides is 2. The van der Waals surface area contributed by atoms with Gasteiger partial charge in [0.2, 0.25) is 5.91 Å². The molecule has 0 aromatic heterocycles. The summed E-state index contributed by atoms with van der Waals surface area (Å²) in [4.78, 5) is 24.5. The third-order valence-corrected chi connectivity index (χ3v) is 2.93. The Balaban J connectivity index is 2.26. The number of piperidine rings is 1. The SMILES string of the molecule is COC(=O)N1CCC(C(=O)NCCCO)CC1. The maximum Gasteiger partial charge on any atom is 0.409 e. The highest BCUT2D eigenvalue weighted by atomic mass is 16.5. The monoisotopic (exact) mass is 244 g/mol. The predicted octanol–water partition coefficient (Wildman–Crippen LogP) is -0.0366. The molecular weight excluding hydrogens is 224 g/mol. The molecule has 1 heterocycles. The van der Waals surface area contributed by atoms with E-state index in [0.717, 1.165) is 0 Å². The van der Waals surface area contributed by atoms with E-state index < -0.39 is 0 Å². The molecule has 6 nitrogen and oxygen atoms in total. The normalized spacial score (nSPS) is 16.7. The Hall–Kier alpha value is -1.30. The van der Waals surface area contributed by atoms with E-state index in [1.54, 1.807) is 4.90 Å². The molecule has 1 saturated heterocycles. The molecule has 0 aliphatic carbocycles. The Labute approximate surface area is 101 Å². The fourth-order valence-electron chi connectivity index (χ4n) is 1.89. The number of ether oxygens (including phenoxy) is 1. The molecule has 6 heteroatoms. The molecule has 0 unspecified atom stereocenters. The van der Waals surface area contributed by atoms with Crippen LogP contribution in [0.4, 0.5) is 4.79 Å². The van der Waals surface area contributed by atoms with E-state index in [-0.39, 0.29) is 24.5 Å². The van der Waals surface area contributed by atoms with Crippen molar-refractivity contribution >= 4 is 12.0 Å². The lowest BCUT2D eigenvalue weighted by atomic mass is 9.96. The van der Waals surface area contributed by atoms with Gasteiger partial charge in [0.25, 0.3) is 0 Å². The third-order valence-electron chi connectivity index (χ3n) is 2.93. The third kappa shape index (κ3) is 4.22. The summed E-state index contributed by atoms with van der Waals surface area (Å²) >= 11 is 0. The molecule has 1 aliphatic rings. The van der Waals surface area contributed by atoms with Gasteiger partial charge in [0.15, 0.2) is 0 Å². The minimum atomic E-state index is -0.330. The largest absolute Gasteiger partial charge is 0.453 e. The summed E-state index contributed by atoms with van der Waals surface area (Å²) in [5.41, 5.74) is 0. The van der Waals surface area contributed by atoms with Crippen LogP contribution in [0.5, 0.6) is 0 Å². The van der Waals surface area contributed by atoms with Crippen molar-refractivity contribution in [1.82, 2.24) is 10.2 Å². The van der Waals surface area contributed by atoms with Gasteiger partial charge in [0, 0.05) is 32.2 Å². The molecular formula is C11H20N2O4. The zero-order valence-corrected chi connectivity index (χ0v) is 10.1. The number of nitrogens with zero attached hydrogens (tertiary/aromatic N) is 1. The first-order chi connectivity index (χ1) is 8.19. The van der Waals surface area contributed by atoms with Gasteiger partial charge < -0.3 is 20.1 Å². The average Bonchev–Trinajstić information content (AvgIpc) is 2.38. The van der Waals surface area contributed by atoms with Crippen LogP contribution in [-0.4, -0.2) is 55.4 Å². The molecule has 17 heavy (non-hydrogen) atoms. The van der Waals surface area contributed by atoms with Crippen molar-refractivity contribution in [2.24, 2.45) is 5.92 Å². The van der Waals surface area contributed by atoms with E-state index in [1.807, 2.05) is 0 Å². The van der Waals surface area contributed by atoms with Crippen LogP contribution in [0.2, 0.25) is 0 Å². The zero-order chi connectivity index (χ0) is 12.7. The van der Waals surface area contributed by atoms with Crippen molar-refractivity contribution in [3.8, 4) is 0 Å². The van der Waals surface area contributed by atoms with Crippen molar-refractivity contribution in [2.75, 3.05) is 33.4 Å². The Bertz CT molecular complexity index is 262. The lowest BCUT2D eigenvalue weighted by Crippen LogP contribution is -2.43. The van der Waals surface area contributed by atoms with Gasteiger partial charge in [-0.25, -0.2) is 4.79 Å². The molecule has 98 valence electrons. The molecule has 0 bridgehead atoms. The number of hydrogen-bond donors (Lipinski definition) is 2. The van der Waals surface area contributed by atoms with Crippen molar-refractivity contribution in [2.45, 2.75) is 19.3 Å². The fraction of sp³-hybridized carbons (Fsp3) is 0.818. The summed E-state index contributed by atoms with van der Waals surface area (Å²) in [6.45, 7) is 1.71. The molecule has 1 rings (SSSR count). The number of hydrogen-bond acceptors (Lipinski definition) is 4. The smallest absolute Gasteiger partial charge is 0.409 e. The number of likely N-dealkylation sites (tertiary alicyclic amines) is 1. The van der Waals surface area contributed by atoms with E-state index in [2.05, 4.69) is 10.1 Å². The van der Waals surface area contributed by atoms with Crippen molar-refractivity contribution in [3.05, 3.63) is 0 Å². The Morgan fingerprint density at radius 3 is 2.59 bits per heavy atom. The van der Waals surface area contributed by atoms with Gasteiger partial charge in [-0.2, -0.15) is 0 Å². The first-order valence-electron chi connectivity index (χ1n) is 5.90. The summed E-state index contributed by atoms with van der Waals surface area (Å²) in [6, 6.07) is 0. The minimum Gasteiger partial charge on any atom is -0.453 e. The molecule has 0 aromatic carbocycles. The Kier molecular flexibility index (Phi) is 5.76. The number of aliphatic hydroxyl groups is 1. The van der Waals surface area contributed by atoms with Gasteiger partial charge in [-0.15, -0.1) is 0 Å². The molecule has 0 radical (unpaired) electrons. The second-order valence-electron chi connectivity index (χ2n) is 4.10. The standard InChI is InChI=1S/C11H20N2O4/c1-17-11(16)13-6-3-9(4-7-13)10(15)12-5-2-8-14/h9,14H,2-8H2,1H3,(H,12,15). The van der Waals surface area contributed by atoms with Crippen LogP contribution in [0.25, 0.3) is 0 Å². The average molecular weight is 244 g/mol. The van der Waals surface area contributed by atoms with Crippen LogP contribution in [0.15, 0.2) is 0 Å². The van der Waals surface area contributed by atoms with Gasteiger partial charge in [-0.3, -0.25) is 4.79 Å². The number of carbonyl (C=O) groups is 2. The van der Waals surface area contributed by atoms with E-state index >= 15 is 0 Å². The Morgan fingerprint density at radius 1 is 1.41 bits per heavy atom. The van der Waals surface area contributed by atoms with E-state index in [1.165, 1.54) is 7.11 Å². The number of carbonyl (C=O) groups excluding carboxylic acids is 2. The first kappa shape index (κ1) is 13.8. The lowest BCUT2D eigenvalue weighted by molar-refractivity contribution is -0.126. The van der Waals surface area contributed by atoms with Crippen LogP contribution in [-0.2, 0) is 9.53 Å². The lowest BCUT2D eigenvalue weighted by Gasteiger charge is -2.30. The quantitative estimate of drug-likeness (QED) is 0.680. The van der Waals surface area contributed by atoms with E-state index in [9.17, 15) is 9.59 Å². The van der Waals surface area contributed by atoms with Crippen LogP contribution < -0.4 is 5.32 Å². The molecule has 2 amide bonds. The summed E-state index contributed by atoms with van der Waals surface area (Å²) in [7, 11) is 1.36. The number of aliphatic hydroxyl groups excluding tert-OH is 1. The minimum absolute atomic E-state index is 0.0166. The number of rotatable bonds is 4. The van der Waals surface area contributed by atoms with Gasteiger partial charge >= 0.3 is 6.09 Å². The van der Waals surface area contributed by atoms with Crippen LogP contribution in [0, 0.1) is 5.92 Å². The van der Waals surface area contributed by atoms with Gasteiger partial charge in [-0.1, -0.05) is 0 Å². The van der Waals surface area contributed by atoms with E-state index in [4.69, 9.17) is 5.11 Å². The highest BCUT2D eigenvalue weighted by Gasteiger charge is 2.27. The number of methoxy groups -OCH3 is 1. The highest BCUT2D eigenvalue weighted by Crippen LogP contribution is 2.17. The maximum absolute atomic E-state index is 11.7. The number of nitrogens with one attached hydrogen (secondary N) is 1. The molecule has 0 saturated carbocycles. The van der Waals surface area contributed by atoms with Crippen LogP contribution in [0.1, 0.15) is 19.3 Å². The predicted molar refractivity (Wildman–Crippen MR) is 61.4 cm³/mol. The van der Waals surface area contributed by atoms with E-state index in [0.29, 0.717) is 38.9 Å². The fourth-order valence-corrected chi connectivity index (χ4v) is 1.89. The molecule has 1 aliphatic heterocycles. The van der Waals surface area contributed by atoms with Crippen LogP contribution >= 0.6 is 0 Å². The molecule has 0 atom stereocenters. The van der Waals surface area contributed by atoms with Crippen LogP contribution in [0.3, 0.4) is 0 Å². The second-order valence-corrected chi connectivity index (χ2v) is 4.10. The van der Waals surface area contributed by atoms with Gasteiger partial charge in [-0.05, 0) is 19.3 Å². The maximum atomic E-state index is 11.7. The van der Waals surface area contributed by atoms with Crippen molar-refractivity contribution in [3.63, 3.8) is 0 Å². The molecule has 0 spiro atoms.